The number of carbonyl (C=O) groups excluding carboxylic acids is 1. The van der Waals surface area contributed by atoms with E-state index in [1.165, 1.54) is 24.3 Å². The SMILES string of the molecule is CC(C)CC(C)(CN)NC(=O)C(F)(F)c1ccccc1.Cl. The van der Waals surface area contributed by atoms with Crippen molar-refractivity contribution in [3.63, 3.8) is 0 Å². The van der Waals surface area contributed by atoms with Gasteiger partial charge in [-0.15, -0.1) is 12.4 Å². The molecule has 1 unspecified atom stereocenters. The Morgan fingerprint density at radius 1 is 1.29 bits per heavy atom. The number of alkyl halides is 2. The van der Waals surface area contributed by atoms with E-state index in [0.29, 0.717) is 6.42 Å². The number of nitrogens with two attached hydrogens (primary N) is 1. The predicted molar refractivity (Wildman–Crippen MR) is 82.6 cm³/mol. The first-order valence-electron chi connectivity index (χ1n) is 6.67. The van der Waals surface area contributed by atoms with Crippen molar-refractivity contribution < 1.29 is 13.6 Å². The molecule has 0 aliphatic rings. The molecule has 1 atom stereocenters. The number of nitrogens with one attached hydrogen (secondary N) is 1. The van der Waals surface area contributed by atoms with E-state index in [1.807, 2.05) is 13.8 Å². The molecule has 1 rings (SSSR count). The van der Waals surface area contributed by atoms with Gasteiger partial charge in [-0.2, -0.15) is 8.78 Å². The van der Waals surface area contributed by atoms with Crippen molar-refractivity contribution in [1.82, 2.24) is 5.32 Å². The molecule has 0 aliphatic heterocycles. The summed E-state index contributed by atoms with van der Waals surface area (Å²) in [6.45, 7) is 5.71. The van der Waals surface area contributed by atoms with Crippen LogP contribution in [0.15, 0.2) is 30.3 Å². The molecular formula is C15H23ClF2N2O. The van der Waals surface area contributed by atoms with Crippen LogP contribution in [0.2, 0.25) is 0 Å². The van der Waals surface area contributed by atoms with Crippen LogP contribution in [0.1, 0.15) is 32.8 Å². The van der Waals surface area contributed by atoms with Crippen LogP contribution < -0.4 is 11.1 Å². The zero-order valence-corrected chi connectivity index (χ0v) is 13.3. The van der Waals surface area contributed by atoms with Gasteiger partial charge in [0.15, 0.2) is 0 Å². The molecular weight excluding hydrogens is 298 g/mol. The number of amides is 1. The highest BCUT2D eigenvalue weighted by Gasteiger charge is 2.43. The lowest BCUT2D eigenvalue weighted by atomic mass is 9.90. The minimum atomic E-state index is -3.56. The fraction of sp³-hybridized carbons (Fsp3) is 0.533. The van der Waals surface area contributed by atoms with Gasteiger partial charge in [-0.3, -0.25) is 4.79 Å². The molecule has 0 radical (unpaired) electrons. The van der Waals surface area contributed by atoms with Crippen molar-refractivity contribution in [2.45, 2.75) is 38.7 Å². The van der Waals surface area contributed by atoms with Crippen LogP contribution in [0, 0.1) is 5.92 Å². The maximum atomic E-state index is 14.1. The predicted octanol–water partition coefficient (Wildman–Crippen LogP) is 3.08. The fourth-order valence-electron chi connectivity index (χ4n) is 2.22. The number of hydrogen-bond acceptors (Lipinski definition) is 2. The Balaban J connectivity index is 0.00000400. The number of benzene rings is 1. The highest BCUT2D eigenvalue weighted by atomic mass is 35.5. The summed E-state index contributed by atoms with van der Waals surface area (Å²) in [6.07, 6.45) is 0.542. The van der Waals surface area contributed by atoms with E-state index in [1.54, 1.807) is 13.0 Å². The third-order valence-corrected chi connectivity index (χ3v) is 3.15. The molecule has 0 aliphatic carbocycles. The summed E-state index contributed by atoms with van der Waals surface area (Å²) in [6, 6.07) is 7.06. The third-order valence-electron chi connectivity index (χ3n) is 3.15. The van der Waals surface area contributed by atoms with E-state index in [9.17, 15) is 13.6 Å². The summed E-state index contributed by atoms with van der Waals surface area (Å²) in [5.74, 6) is -4.62. The average molecular weight is 321 g/mol. The van der Waals surface area contributed by atoms with Gasteiger partial charge in [-0.25, -0.2) is 0 Å². The topological polar surface area (TPSA) is 55.1 Å². The molecule has 120 valence electrons. The molecule has 0 heterocycles. The molecule has 3 N–H and O–H groups in total. The van der Waals surface area contributed by atoms with Crippen molar-refractivity contribution in [2.24, 2.45) is 11.7 Å². The Morgan fingerprint density at radius 3 is 2.24 bits per heavy atom. The summed E-state index contributed by atoms with van der Waals surface area (Å²) >= 11 is 0. The lowest BCUT2D eigenvalue weighted by Gasteiger charge is -2.32. The first-order valence-corrected chi connectivity index (χ1v) is 6.67. The van der Waals surface area contributed by atoms with Gasteiger partial charge in [0.2, 0.25) is 0 Å². The number of hydrogen-bond donors (Lipinski definition) is 2. The summed E-state index contributed by atoms with van der Waals surface area (Å²) < 4.78 is 28.2. The number of carbonyl (C=O) groups is 1. The van der Waals surface area contributed by atoms with E-state index < -0.39 is 17.4 Å². The van der Waals surface area contributed by atoms with Crippen LogP contribution in [0.25, 0.3) is 0 Å². The molecule has 0 bridgehead atoms. The molecule has 6 heteroatoms. The van der Waals surface area contributed by atoms with Crippen molar-refractivity contribution in [1.29, 1.82) is 0 Å². The molecule has 0 spiro atoms. The van der Waals surface area contributed by atoms with Crippen LogP contribution in [0.4, 0.5) is 8.78 Å². The molecule has 1 amide bonds. The molecule has 3 nitrogen and oxygen atoms in total. The quantitative estimate of drug-likeness (QED) is 0.846. The second kappa shape index (κ2) is 7.71. The number of halogens is 3. The van der Waals surface area contributed by atoms with E-state index in [4.69, 9.17) is 5.73 Å². The smallest absolute Gasteiger partial charge is 0.344 e. The Bertz CT molecular complexity index is 454. The van der Waals surface area contributed by atoms with Crippen molar-refractivity contribution in [3.8, 4) is 0 Å². The molecule has 1 aromatic rings. The van der Waals surface area contributed by atoms with Gasteiger partial charge < -0.3 is 11.1 Å². The molecule has 0 fully saturated rings. The van der Waals surface area contributed by atoms with Crippen LogP contribution in [0.5, 0.6) is 0 Å². The third kappa shape index (κ3) is 5.25. The van der Waals surface area contributed by atoms with Crippen molar-refractivity contribution >= 4 is 18.3 Å². The van der Waals surface area contributed by atoms with Crippen molar-refractivity contribution in [3.05, 3.63) is 35.9 Å². The van der Waals surface area contributed by atoms with Gasteiger partial charge >= 0.3 is 5.92 Å². The van der Waals surface area contributed by atoms with Crippen LogP contribution >= 0.6 is 12.4 Å². The number of rotatable bonds is 6. The van der Waals surface area contributed by atoms with Crippen molar-refractivity contribution in [2.75, 3.05) is 6.54 Å². The maximum Gasteiger partial charge on any atom is 0.349 e. The average Bonchev–Trinajstić information content (AvgIpc) is 2.38. The van der Waals surface area contributed by atoms with E-state index >= 15 is 0 Å². The highest BCUT2D eigenvalue weighted by molar-refractivity contribution is 5.85. The molecule has 1 aromatic carbocycles. The van der Waals surface area contributed by atoms with Gasteiger partial charge in [0, 0.05) is 17.6 Å². The zero-order chi connectivity index (χ0) is 15.4. The second-order valence-electron chi connectivity index (χ2n) is 5.76. The van der Waals surface area contributed by atoms with Crippen LogP contribution in [-0.2, 0) is 10.7 Å². The van der Waals surface area contributed by atoms with Crippen LogP contribution in [-0.4, -0.2) is 18.0 Å². The molecule has 0 saturated heterocycles. The zero-order valence-electron chi connectivity index (χ0n) is 12.5. The van der Waals surface area contributed by atoms with Gasteiger partial charge in [-0.05, 0) is 19.3 Å². The minimum Gasteiger partial charge on any atom is -0.344 e. The largest absolute Gasteiger partial charge is 0.349 e. The Kier molecular flexibility index (Phi) is 7.27. The van der Waals surface area contributed by atoms with Gasteiger partial charge in [0.05, 0.1) is 0 Å². The highest BCUT2D eigenvalue weighted by Crippen LogP contribution is 2.29. The fourth-order valence-corrected chi connectivity index (χ4v) is 2.22. The summed E-state index contributed by atoms with van der Waals surface area (Å²) in [4.78, 5) is 11.9. The first-order chi connectivity index (χ1) is 9.21. The normalized spacial score (nSPS) is 14.2. The Labute approximate surface area is 130 Å². The standard InChI is InChI=1S/C15H22F2N2O.ClH/c1-11(2)9-14(3,10-18)19-13(20)15(16,17)12-7-5-4-6-8-12;/h4-8,11H,9-10,18H2,1-3H3,(H,19,20);1H. The van der Waals surface area contributed by atoms with Crippen LogP contribution in [0.3, 0.4) is 0 Å². The second-order valence-corrected chi connectivity index (χ2v) is 5.76. The first kappa shape index (κ1) is 19.8. The lowest BCUT2D eigenvalue weighted by molar-refractivity contribution is -0.149. The Hall–Kier alpha value is -1.20. The minimum absolute atomic E-state index is 0. The Morgan fingerprint density at radius 2 is 1.81 bits per heavy atom. The molecule has 0 saturated carbocycles. The summed E-state index contributed by atoms with van der Waals surface area (Å²) in [7, 11) is 0. The van der Waals surface area contributed by atoms with E-state index in [-0.39, 0.29) is 30.4 Å². The summed E-state index contributed by atoms with van der Waals surface area (Å²) in [5.41, 5.74) is 4.48. The maximum absolute atomic E-state index is 14.1. The van der Waals surface area contributed by atoms with Gasteiger partial charge in [-0.1, -0.05) is 44.2 Å². The van der Waals surface area contributed by atoms with Gasteiger partial charge in [0.1, 0.15) is 0 Å². The monoisotopic (exact) mass is 320 g/mol. The summed E-state index contributed by atoms with van der Waals surface area (Å²) in [5, 5.41) is 2.40. The van der Waals surface area contributed by atoms with E-state index in [2.05, 4.69) is 5.32 Å². The molecule has 21 heavy (non-hydrogen) atoms. The lowest BCUT2D eigenvalue weighted by Crippen LogP contribution is -2.55. The van der Waals surface area contributed by atoms with Gasteiger partial charge in [0.25, 0.3) is 5.91 Å². The molecule has 0 aromatic heterocycles. The van der Waals surface area contributed by atoms with E-state index in [0.717, 1.165) is 0 Å².